The highest BCUT2D eigenvalue weighted by Gasteiger charge is 2.00. The van der Waals surface area contributed by atoms with Gasteiger partial charge in [0.2, 0.25) is 5.88 Å². The highest BCUT2D eigenvalue weighted by molar-refractivity contribution is 6.31. The number of aryl methyl sites for hydroxylation is 1. The number of nitrogens with zero attached hydrogens (tertiary/aromatic N) is 1. The van der Waals surface area contributed by atoms with Crippen molar-refractivity contribution in [2.45, 2.75) is 27.7 Å². The summed E-state index contributed by atoms with van der Waals surface area (Å²) in [5, 5.41) is 0.576. The monoisotopic (exact) mass is 201 g/mol. The van der Waals surface area contributed by atoms with E-state index in [-0.39, 0.29) is 0 Å². The van der Waals surface area contributed by atoms with Crippen LogP contribution in [0, 0.1) is 6.92 Å². The number of aromatic nitrogens is 1. The van der Waals surface area contributed by atoms with Crippen molar-refractivity contribution in [3.8, 4) is 5.88 Å². The second kappa shape index (κ2) is 6.72. The van der Waals surface area contributed by atoms with E-state index in [1.54, 1.807) is 6.20 Å². The van der Waals surface area contributed by atoms with Gasteiger partial charge in [-0.3, -0.25) is 0 Å². The van der Waals surface area contributed by atoms with Gasteiger partial charge in [-0.2, -0.15) is 0 Å². The zero-order valence-electron chi connectivity index (χ0n) is 8.60. The Morgan fingerprint density at radius 1 is 1.46 bits per heavy atom. The van der Waals surface area contributed by atoms with Crippen molar-refractivity contribution >= 4 is 11.6 Å². The normalized spacial score (nSPS) is 8.69. The van der Waals surface area contributed by atoms with Gasteiger partial charge in [0, 0.05) is 6.20 Å². The molecule has 0 N–H and O–H groups in total. The average molecular weight is 202 g/mol. The Labute approximate surface area is 84.9 Å². The zero-order valence-corrected chi connectivity index (χ0v) is 9.35. The molecule has 0 aliphatic heterocycles. The second-order valence-electron chi connectivity index (χ2n) is 2.23. The predicted octanol–water partition coefficient (Wildman–Crippen LogP) is 3.47. The Bertz CT molecular complexity index is 251. The molecule has 0 saturated heterocycles. The Balaban J connectivity index is 0.000000671. The van der Waals surface area contributed by atoms with Crippen LogP contribution < -0.4 is 4.74 Å². The summed E-state index contributed by atoms with van der Waals surface area (Å²) in [6, 6.07) is 1.83. The van der Waals surface area contributed by atoms with Gasteiger partial charge < -0.3 is 4.74 Å². The first-order chi connectivity index (χ1) is 6.24. The summed E-state index contributed by atoms with van der Waals surface area (Å²) in [6.45, 7) is 8.43. The lowest BCUT2D eigenvalue weighted by Crippen LogP contribution is -1.94. The van der Waals surface area contributed by atoms with Crippen LogP contribution in [0.15, 0.2) is 12.3 Å². The summed E-state index contributed by atoms with van der Waals surface area (Å²) in [6.07, 6.45) is 1.73. The predicted molar refractivity (Wildman–Crippen MR) is 56.5 cm³/mol. The summed E-state index contributed by atoms with van der Waals surface area (Å²) in [5.41, 5.74) is 1.04. The molecule has 1 aromatic rings. The lowest BCUT2D eigenvalue weighted by atomic mass is 10.3. The Kier molecular flexibility index (Phi) is 6.33. The molecule has 0 atom stereocenters. The van der Waals surface area contributed by atoms with Crippen LogP contribution in [0.5, 0.6) is 5.88 Å². The topological polar surface area (TPSA) is 22.1 Å². The van der Waals surface area contributed by atoms with Crippen LogP contribution in [0.2, 0.25) is 5.02 Å². The summed E-state index contributed by atoms with van der Waals surface area (Å²) in [5.74, 6) is 0.514. The zero-order chi connectivity index (χ0) is 10.3. The molecule has 0 aliphatic carbocycles. The number of pyridine rings is 1. The Morgan fingerprint density at radius 2 is 2.08 bits per heavy atom. The molecule has 0 fully saturated rings. The van der Waals surface area contributed by atoms with E-state index in [2.05, 4.69) is 4.98 Å². The standard InChI is InChI=1S/C8H10ClNO.C2H6/c1-3-11-8-7(9)4-6(2)5-10-8;1-2/h4-5H,3H2,1-2H3;1-2H3. The van der Waals surface area contributed by atoms with Crippen molar-refractivity contribution < 1.29 is 4.74 Å². The SMILES string of the molecule is CC.CCOc1ncc(C)cc1Cl. The van der Waals surface area contributed by atoms with Gasteiger partial charge in [-0.1, -0.05) is 25.4 Å². The molecule has 0 spiro atoms. The molecule has 0 radical (unpaired) electrons. The van der Waals surface area contributed by atoms with E-state index in [1.165, 1.54) is 0 Å². The third-order valence-electron chi connectivity index (χ3n) is 1.23. The molecule has 1 heterocycles. The number of ether oxygens (including phenoxy) is 1. The van der Waals surface area contributed by atoms with Gasteiger partial charge in [-0.15, -0.1) is 0 Å². The first-order valence-electron chi connectivity index (χ1n) is 4.49. The van der Waals surface area contributed by atoms with Gasteiger partial charge in [0.1, 0.15) is 5.02 Å². The minimum atomic E-state index is 0.514. The van der Waals surface area contributed by atoms with E-state index >= 15 is 0 Å². The smallest absolute Gasteiger partial charge is 0.232 e. The maximum absolute atomic E-state index is 5.82. The molecule has 0 bridgehead atoms. The van der Waals surface area contributed by atoms with Crippen LogP contribution in [0.3, 0.4) is 0 Å². The molecular weight excluding hydrogens is 186 g/mol. The maximum Gasteiger partial charge on any atom is 0.232 e. The Hall–Kier alpha value is -0.760. The number of rotatable bonds is 2. The van der Waals surface area contributed by atoms with Gasteiger partial charge in [0.05, 0.1) is 6.61 Å². The molecule has 0 aliphatic rings. The molecule has 3 heteroatoms. The molecule has 0 unspecified atom stereocenters. The number of hydrogen-bond acceptors (Lipinski definition) is 2. The van der Waals surface area contributed by atoms with E-state index in [0.717, 1.165) is 5.56 Å². The van der Waals surface area contributed by atoms with Crippen molar-refractivity contribution in [2.24, 2.45) is 0 Å². The van der Waals surface area contributed by atoms with Crippen molar-refractivity contribution in [3.05, 3.63) is 22.8 Å². The maximum atomic E-state index is 5.82. The van der Waals surface area contributed by atoms with Crippen molar-refractivity contribution in [1.29, 1.82) is 0 Å². The highest BCUT2D eigenvalue weighted by Crippen LogP contribution is 2.21. The minimum absolute atomic E-state index is 0.514. The van der Waals surface area contributed by atoms with E-state index in [0.29, 0.717) is 17.5 Å². The van der Waals surface area contributed by atoms with E-state index in [4.69, 9.17) is 16.3 Å². The van der Waals surface area contributed by atoms with E-state index < -0.39 is 0 Å². The third kappa shape index (κ3) is 4.13. The summed E-state index contributed by atoms with van der Waals surface area (Å²) >= 11 is 5.82. The molecule has 0 aromatic carbocycles. The second-order valence-corrected chi connectivity index (χ2v) is 2.64. The van der Waals surface area contributed by atoms with E-state index in [1.807, 2.05) is 33.8 Å². The molecule has 74 valence electrons. The first-order valence-corrected chi connectivity index (χ1v) is 4.86. The molecule has 1 rings (SSSR count). The quantitative estimate of drug-likeness (QED) is 0.731. The van der Waals surface area contributed by atoms with Crippen LogP contribution in [-0.4, -0.2) is 11.6 Å². The number of hydrogen-bond donors (Lipinski definition) is 0. The molecule has 0 saturated carbocycles. The molecule has 2 nitrogen and oxygen atoms in total. The van der Waals surface area contributed by atoms with Gasteiger partial charge in [0.25, 0.3) is 0 Å². The fraction of sp³-hybridized carbons (Fsp3) is 0.500. The Morgan fingerprint density at radius 3 is 2.54 bits per heavy atom. The van der Waals surface area contributed by atoms with Crippen molar-refractivity contribution in [1.82, 2.24) is 4.98 Å². The van der Waals surface area contributed by atoms with Crippen LogP contribution in [0.1, 0.15) is 26.3 Å². The fourth-order valence-electron chi connectivity index (χ4n) is 0.764. The third-order valence-corrected chi connectivity index (χ3v) is 1.50. The van der Waals surface area contributed by atoms with E-state index in [9.17, 15) is 0 Å². The molecule has 13 heavy (non-hydrogen) atoms. The highest BCUT2D eigenvalue weighted by atomic mass is 35.5. The lowest BCUT2D eigenvalue weighted by Gasteiger charge is -2.03. The van der Waals surface area contributed by atoms with Gasteiger partial charge >= 0.3 is 0 Å². The molecule has 0 amide bonds. The largest absolute Gasteiger partial charge is 0.477 e. The van der Waals surface area contributed by atoms with Gasteiger partial charge in [0.15, 0.2) is 0 Å². The summed E-state index contributed by atoms with van der Waals surface area (Å²) < 4.78 is 5.15. The van der Waals surface area contributed by atoms with Crippen LogP contribution in [0.4, 0.5) is 0 Å². The number of halogens is 1. The minimum Gasteiger partial charge on any atom is -0.477 e. The first kappa shape index (κ1) is 12.2. The molecule has 1 aromatic heterocycles. The van der Waals surface area contributed by atoms with Crippen LogP contribution in [-0.2, 0) is 0 Å². The van der Waals surface area contributed by atoms with Crippen molar-refractivity contribution in [2.75, 3.05) is 6.61 Å². The van der Waals surface area contributed by atoms with Crippen LogP contribution in [0.25, 0.3) is 0 Å². The summed E-state index contributed by atoms with van der Waals surface area (Å²) in [7, 11) is 0. The van der Waals surface area contributed by atoms with Crippen molar-refractivity contribution in [3.63, 3.8) is 0 Å². The van der Waals surface area contributed by atoms with Gasteiger partial charge in [-0.05, 0) is 25.5 Å². The fourth-order valence-corrected chi connectivity index (χ4v) is 1.04. The average Bonchev–Trinajstić information content (AvgIpc) is 2.14. The van der Waals surface area contributed by atoms with Crippen LogP contribution >= 0.6 is 11.6 Å². The van der Waals surface area contributed by atoms with Gasteiger partial charge in [-0.25, -0.2) is 4.98 Å². The lowest BCUT2D eigenvalue weighted by molar-refractivity contribution is 0.327. The summed E-state index contributed by atoms with van der Waals surface area (Å²) in [4.78, 5) is 4.01. The molecular formula is C10H16ClNO.